The zero-order valence-corrected chi connectivity index (χ0v) is 17.0. The third-order valence-corrected chi connectivity index (χ3v) is 7.64. The smallest absolute Gasteiger partial charge is 0.227 e. The Bertz CT molecular complexity index is 764. The van der Waals surface area contributed by atoms with E-state index in [1.165, 1.54) is 12.8 Å². The fourth-order valence-corrected chi connectivity index (χ4v) is 5.70. The first kappa shape index (κ1) is 19.9. The summed E-state index contributed by atoms with van der Waals surface area (Å²) in [6, 6.07) is 5.35. The summed E-state index contributed by atoms with van der Waals surface area (Å²) in [4.78, 5) is 17.1. The number of carbonyl (C=O) groups is 1. The van der Waals surface area contributed by atoms with E-state index in [4.69, 9.17) is 23.2 Å². The van der Waals surface area contributed by atoms with Gasteiger partial charge < -0.3 is 9.80 Å². The lowest BCUT2D eigenvalue weighted by Gasteiger charge is -2.28. The molecule has 1 atom stereocenters. The Kier molecular flexibility index (Phi) is 6.49. The fraction of sp³-hybridized carbons (Fsp3) is 0.611. The normalized spacial score (nSPS) is 22.6. The van der Waals surface area contributed by atoms with Crippen LogP contribution >= 0.6 is 23.2 Å². The predicted molar refractivity (Wildman–Crippen MR) is 104 cm³/mol. The minimum absolute atomic E-state index is 0.0343. The van der Waals surface area contributed by atoms with Crippen LogP contribution in [-0.4, -0.2) is 61.8 Å². The van der Waals surface area contributed by atoms with Crippen LogP contribution in [0.1, 0.15) is 24.8 Å². The molecule has 0 saturated carbocycles. The SMILES string of the molecule is O=C([C@H]1CCS(=O)(=O)C1)N(CCN1CCCC1)Cc1ccc(Cl)c(Cl)c1. The first-order chi connectivity index (χ1) is 12.3. The Labute approximate surface area is 165 Å². The minimum atomic E-state index is -3.09. The van der Waals surface area contributed by atoms with Crippen molar-refractivity contribution in [1.29, 1.82) is 0 Å². The molecule has 0 aromatic heterocycles. The van der Waals surface area contributed by atoms with Crippen LogP contribution in [0.4, 0.5) is 0 Å². The second kappa shape index (κ2) is 8.46. The molecule has 3 rings (SSSR count). The van der Waals surface area contributed by atoms with E-state index in [-0.39, 0.29) is 17.4 Å². The molecule has 1 amide bonds. The lowest BCUT2D eigenvalue weighted by molar-refractivity contribution is -0.135. The van der Waals surface area contributed by atoms with Crippen molar-refractivity contribution in [2.24, 2.45) is 5.92 Å². The zero-order valence-electron chi connectivity index (χ0n) is 14.7. The Hall–Kier alpha value is -0.820. The summed E-state index contributed by atoms with van der Waals surface area (Å²) in [5, 5.41) is 0.937. The van der Waals surface area contributed by atoms with Gasteiger partial charge in [-0.25, -0.2) is 8.42 Å². The van der Waals surface area contributed by atoms with Gasteiger partial charge >= 0.3 is 0 Å². The van der Waals surface area contributed by atoms with Gasteiger partial charge in [-0.15, -0.1) is 0 Å². The molecule has 8 heteroatoms. The molecule has 0 aliphatic carbocycles. The van der Waals surface area contributed by atoms with Crippen LogP contribution in [0.15, 0.2) is 18.2 Å². The van der Waals surface area contributed by atoms with Gasteiger partial charge in [0.1, 0.15) is 0 Å². The number of likely N-dealkylation sites (tertiary alicyclic amines) is 1. The van der Waals surface area contributed by atoms with Gasteiger partial charge in [-0.05, 0) is 50.0 Å². The van der Waals surface area contributed by atoms with Gasteiger partial charge in [0.15, 0.2) is 9.84 Å². The molecule has 144 valence electrons. The molecule has 1 aromatic rings. The van der Waals surface area contributed by atoms with Crippen LogP contribution in [0.2, 0.25) is 10.0 Å². The number of rotatable bonds is 6. The maximum atomic E-state index is 13.0. The van der Waals surface area contributed by atoms with E-state index in [2.05, 4.69) is 4.90 Å². The van der Waals surface area contributed by atoms with E-state index in [0.717, 1.165) is 25.2 Å². The Morgan fingerprint density at radius 2 is 1.92 bits per heavy atom. The van der Waals surface area contributed by atoms with Crippen molar-refractivity contribution in [2.75, 3.05) is 37.7 Å². The summed E-state index contributed by atoms with van der Waals surface area (Å²) in [5.74, 6) is -0.429. The highest BCUT2D eigenvalue weighted by molar-refractivity contribution is 7.91. The van der Waals surface area contributed by atoms with Gasteiger partial charge in [0.2, 0.25) is 5.91 Å². The second-order valence-electron chi connectivity index (χ2n) is 7.16. The monoisotopic (exact) mass is 418 g/mol. The summed E-state index contributed by atoms with van der Waals surface area (Å²) in [6.07, 6.45) is 2.81. The van der Waals surface area contributed by atoms with E-state index >= 15 is 0 Å². The zero-order chi connectivity index (χ0) is 18.7. The molecule has 5 nitrogen and oxygen atoms in total. The van der Waals surface area contributed by atoms with E-state index in [1.54, 1.807) is 17.0 Å². The lowest BCUT2D eigenvalue weighted by Crippen LogP contribution is -2.41. The highest BCUT2D eigenvalue weighted by Gasteiger charge is 2.35. The third kappa shape index (κ3) is 5.12. The number of carbonyl (C=O) groups excluding carboxylic acids is 1. The van der Waals surface area contributed by atoms with Crippen LogP contribution in [0.25, 0.3) is 0 Å². The third-order valence-electron chi connectivity index (χ3n) is 5.14. The highest BCUT2D eigenvalue weighted by Crippen LogP contribution is 2.25. The molecule has 2 aliphatic heterocycles. The standard InChI is InChI=1S/C18H24Cl2N2O3S/c19-16-4-3-14(11-17(16)20)12-22(9-8-21-6-1-2-7-21)18(23)15-5-10-26(24,25)13-15/h3-4,11,15H,1-2,5-10,12-13H2/t15-/m0/s1. The molecule has 2 heterocycles. The quantitative estimate of drug-likeness (QED) is 0.712. The van der Waals surface area contributed by atoms with Crippen molar-refractivity contribution in [1.82, 2.24) is 9.80 Å². The lowest BCUT2D eigenvalue weighted by atomic mass is 10.1. The predicted octanol–water partition coefficient (Wildman–Crippen LogP) is 2.85. The van der Waals surface area contributed by atoms with Crippen LogP contribution in [0.3, 0.4) is 0 Å². The van der Waals surface area contributed by atoms with Crippen molar-refractivity contribution in [3.05, 3.63) is 33.8 Å². The largest absolute Gasteiger partial charge is 0.337 e. The molecule has 0 unspecified atom stereocenters. The number of benzene rings is 1. The van der Waals surface area contributed by atoms with E-state index in [0.29, 0.717) is 29.6 Å². The number of nitrogens with zero attached hydrogens (tertiary/aromatic N) is 2. The summed E-state index contributed by atoms with van der Waals surface area (Å²) in [6.45, 7) is 3.95. The van der Waals surface area contributed by atoms with Crippen LogP contribution in [0, 0.1) is 5.92 Å². The van der Waals surface area contributed by atoms with Gasteiger partial charge in [-0.2, -0.15) is 0 Å². The molecule has 2 aliphatic rings. The Morgan fingerprint density at radius 1 is 1.19 bits per heavy atom. The average molecular weight is 419 g/mol. The molecule has 1 aromatic carbocycles. The summed E-state index contributed by atoms with van der Waals surface area (Å²) < 4.78 is 23.5. The van der Waals surface area contributed by atoms with Crippen LogP contribution in [-0.2, 0) is 21.2 Å². The maximum Gasteiger partial charge on any atom is 0.227 e. The first-order valence-corrected chi connectivity index (χ1v) is 11.6. The second-order valence-corrected chi connectivity index (χ2v) is 10.2. The fourth-order valence-electron chi connectivity index (χ4n) is 3.64. The molecular weight excluding hydrogens is 395 g/mol. The summed E-state index contributed by atoms with van der Waals surface area (Å²) >= 11 is 12.1. The van der Waals surface area contributed by atoms with Crippen LogP contribution in [0.5, 0.6) is 0 Å². The average Bonchev–Trinajstić information content (AvgIpc) is 3.23. The van der Waals surface area contributed by atoms with Crippen molar-refractivity contribution in [3.63, 3.8) is 0 Å². The van der Waals surface area contributed by atoms with E-state index < -0.39 is 15.8 Å². The molecule has 2 saturated heterocycles. The first-order valence-electron chi connectivity index (χ1n) is 8.99. The summed E-state index contributed by atoms with van der Waals surface area (Å²) in [7, 11) is -3.09. The Morgan fingerprint density at radius 3 is 2.54 bits per heavy atom. The van der Waals surface area contributed by atoms with Crippen LogP contribution < -0.4 is 0 Å². The van der Waals surface area contributed by atoms with Gasteiger partial charge in [-0.1, -0.05) is 29.3 Å². The van der Waals surface area contributed by atoms with Gasteiger partial charge in [-0.3, -0.25) is 4.79 Å². The molecule has 26 heavy (non-hydrogen) atoms. The van der Waals surface area contributed by atoms with Crippen molar-refractivity contribution < 1.29 is 13.2 Å². The van der Waals surface area contributed by atoms with E-state index in [1.807, 2.05) is 6.07 Å². The van der Waals surface area contributed by atoms with Crippen molar-refractivity contribution in [3.8, 4) is 0 Å². The van der Waals surface area contributed by atoms with Gasteiger partial charge in [0, 0.05) is 19.6 Å². The number of amides is 1. The minimum Gasteiger partial charge on any atom is -0.337 e. The topological polar surface area (TPSA) is 57.7 Å². The Balaban J connectivity index is 1.71. The highest BCUT2D eigenvalue weighted by atomic mass is 35.5. The molecular formula is C18H24Cl2N2O3S. The van der Waals surface area contributed by atoms with Crippen molar-refractivity contribution in [2.45, 2.75) is 25.8 Å². The number of halogens is 2. The van der Waals surface area contributed by atoms with E-state index in [9.17, 15) is 13.2 Å². The van der Waals surface area contributed by atoms with Gasteiger partial charge in [0.05, 0.1) is 27.5 Å². The molecule has 0 radical (unpaired) electrons. The van der Waals surface area contributed by atoms with Gasteiger partial charge in [0.25, 0.3) is 0 Å². The number of hydrogen-bond donors (Lipinski definition) is 0. The molecule has 2 fully saturated rings. The molecule has 0 bridgehead atoms. The molecule has 0 N–H and O–H groups in total. The molecule has 0 spiro atoms. The number of hydrogen-bond acceptors (Lipinski definition) is 4. The van der Waals surface area contributed by atoms with Crippen molar-refractivity contribution >= 4 is 38.9 Å². The maximum absolute atomic E-state index is 13.0. The summed E-state index contributed by atoms with van der Waals surface area (Å²) in [5.41, 5.74) is 0.898. The number of sulfone groups is 1.